The highest BCUT2D eigenvalue weighted by Gasteiger charge is 2.50. The summed E-state index contributed by atoms with van der Waals surface area (Å²) in [4.78, 5) is 22.8. The number of nitrogens with one attached hydrogen (secondary N) is 2. The van der Waals surface area contributed by atoms with Crippen LogP contribution in [0.4, 0.5) is 16.2 Å². The highest BCUT2D eigenvalue weighted by atomic mass is 17.0. The quantitative estimate of drug-likeness (QED) is 0.873. The Morgan fingerprint density at radius 1 is 1.05 bits per heavy atom. The monoisotopic (exact) mass is 279 g/mol. The second-order valence-electron chi connectivity index (χ2n) is 5.71. The van der Waals surface area contributed by atoms with E-state index in [4.69, 9.17) is 9.68 Å². The molecule has 0 aromatic heterocycles. The predicted octanol–water partition coefficient (Wildman–Crippen LogP) is 2.68. The van der Waals surface area contributed by atoms with Crippen molar-refractivity contribution >= 4 is 17.4 Å². The van der Waals surface area contributed by atoms with Crippen molar-refractivity contribution in [3.63, 3.8) is 0 Å². The lowest BCUT2D eigenvalue weighted by Gasteiger charge is -2.26. The smallest absolute Gasteiger partial charge is 0.318 e. The molecule has 6 heteroatoms. The minimum absolute atomic E-state index is 0.256. The van der Waals surface area contributed by atoms with E-state index in [0.717, 1.165) is 5.69 Å². The molecule has 0 bridgehead atoms. The van der Waals surface area contributed by atoms with Crippen LogP contribution in [0.25, 0.3) is 0 Å². The molecule has 6 nitrogen and oxygen atoms in total. The van der Waals surface area contributed by atoms with Gasteiger partial charge in [0, 0.05) is 12.7 Å². The van der Waals surface area contributed by atoms with Gasteiger partial charge in [0.05, 0.1) is 5.69 Å². The van der Waals surface area contributed by atoms with E-state index in [2.05, 4.69) is 10.6 Å². The lowest BCUT2D eigenvalue weighted by atomic mass is 9.90. The molecule has 1 aliphatic heterocycles. The molecular formula is C14H21N3O3. The zero-order chi connectivity index (χ0) is 15.0. The van der Waals surface area contributed by atoms with Gasteiger partial charge in [-0.05, 0) is 52.0 Å². The van der Waals surface area contributed by atoms with Gasteiger partial charge in [-0.25, -0.2) is 14.5 Å². The van der Waals surface area contributed by atoms with Crippen LogP contribution in [0.15, 0.2) is 24.3 Å². The van der Waals surface area contributed by atoms with E-state index in [9.17, 15) is 4.79 Å². The molecule has 1 heterocycles. The van der Waals surface area contributed by atoms with Crippen LogP contribution in [0.5, 0.6) is 0 Å². The summed E-state index contributed by atoms with van der Waals surface area (Å²) in [5.41, 5.74) is 0.620. The van der Waals surface area contributed by atoms with Gasteiger partial charge in [0.1, 0.15) is 11.2 Å². The molecule has 0 unspecified atom stereocenters. The molecular weight excluding hydrogens is 258 g/mol. The van der Waals surface area contributed by atoms with Crippen LogP contribution < -0.4 is 15.9 Å². The number of anilines is 2. The molecule has 0 spiro atoms. The maximum atomic E-state index is 11.2. The minimum Gasteiger partial charge on any atom is -0.341 e. The topological polar surface area (TPSA) is 62.8 Å². The maximum absolute atomic E-state index is 11.2. The summed E-state index contributed by atoms with van der Waals surface area (Å²) in [6, 6.07) is 6.96. The van der Waals surface area contributed by atoms with Crippen molar-refractivity contribution < 1.29 is 14.5 Å². The molecule has 2 rings (SSSR count). The number of hydrogen-bond donors (Lipinski definition) is 2. The predicted molar refractivity (Wildman–Crippen MR) is 77.3 cm³/mol. The van der Waals surface area contributed by atoms with Gasteiger partial charge in [-0.3, -0.25) is 0 Å². The average molecular weight is 279 g/mol. The number of benzene rings is 1. The number of rotatable bonds is 2. The van der Waals surface area contributed by atoms with Crippen molar-refractivity contribution in [1.29, 1.82) is 0 Å². The highest BCUT2D eigenvalue weighted by molar-refractivity contribution is 5.89. The number of nitrogens with zero attached hydrogens (tertiary/aromatic N) is 1. The Morgan fingerprint density at radius 3 is 2.00 bits per heavy atom. The van der Waals surface area contributed by atoms with E-state index < -0.39 is 11.2 Å². The van der Waals surface area contributed by atoms with Gasteiger partial charge in [0.2, 0.25) is 0 Å². The number of amides is 2. The van der Waals surface area contributed by atoms with Crippen LogP contribution in [-0.2, 0) is 9.68 Å². The molecule has 0 saturated carbocycles. The van der Waals surface area contributed by atoms with Crippen molar-refractivity contribution in [2.75, 3.05) is 17.6 Å². The summed E-state index contributed by atoms with van der Waals surface area (Å²) < 4.78 is 0. The number of urea groups is 1. The Morgan fingerprint density at radius 2 is 1.55 bits per heavy atom. The Bertz CT molecular complexity index is 481. The van der Waals surface area contributed by atoms with Crippen LogP contribution in [0.2, 0.25) is 0 Å². The fourth-order valence-corrected chi connectivity index (χ4v) is 1.62. The average Bonchev–Trinajstić information content (AvgIpc) is 2.59. The summed E-state index contributed by atoms with van der Waals surface area (Å²) in [6.07, 6.45) is 0. The van der Waals surface area contributed by atoms with Crippen LogP contribution in [0, 0.1) is 0 Å². The molecule has 0 radical (unpaired) electrons. The van der Waals surface area contributed by atoms with Gasteiger partial charge < -0.3 is 10.6 Å². The third-order valence-electron chi connectivity index (χ3n) is 3.64. The third kappa shape index (κ3) is 2.71. The molecule has 0 aliphatic carbocycles. The first kappa shape index (κ1) is 14.6. The van der Waals surface area contributed by atoms with E-state index in [1.165, 1.54) is 5.23 Å². The molecule has 2 amide bonds. The number of carbonyl (C=O) groups excluding carboxylic acids is 1. The van der Waals surface area contributed by atoms with Gasteiger partial charge in [-0.2, -0.15) is 0 Å². The summed E-state index contributed by atoms with van der Waals surface area (Å²) in [7, 11) is 1.57. The second kappa shape index (κ2) is 4.96. The van der Waals surface area contributed by atoms with Crippen molar-refractivity contribution in [2.24, 2.45) is 0 Å². The van der Waals surface area contributed by atoms with Crippen LogP contribution in [-0.4, -0.2) is 24.3 Å². The van der Waals surface area contributed by atoms with Crippen molar-refractivity contribution in [1.82, 2.24) is 5.32 Å². The van der Waals surface area contributed by atoms with Gasteiger partial charge in [-0.15, -0.1) is 5.23 Å². The lowest BCUT2D eigenvalue weighted by molar-refractivity contribution is -0.0272. The fourth-order valence-electron chi connectivity index (χ4n) is 1.62. The van der Waals surface area contributed by atoms with Gasteiger partial charge >= 0.3 is 6.03 Å². The van der Waals surface area contributed by atoms with Crippen molar-refractivity contribution in [3.05, 3.63) is 24.3 Å². The summed E-state index contributed by atoms with van der Waals surface area (Å²) in [5.74, 6) is 0. The van der Waals surface area contributed by atoms with Gasteiger partial charge in [0.25, 0.3) is 0 Å². The Hall–Kier alpha value is -1.79. The minimum atomic E-state index is -0.425. The molecule has 1 aliphatic rings. The number of hydrogen-bond acceptors (Lipinski definition) is 4. The van der Waals surface area contributed by atoms with Crippen LogP contribution >= 0.6 is 0 Å². The summed E-state index contributed by atoms with van der Waals surface area (Å²) in [5, 5.41) is 6.61. The molecule has 1 aromatic rings. The third-order valence-corrected chi connectivity index (χ3v) is 3.64. The largest absolute Gasteiger partial charge is 0.341 e. The highest BCUT2D eigenvalue weighted by Crippen LogP contribution is 2.39. The molecule has 1 aromatic carbocycles. The molecule has 110 valence electrons. The lowest BCUT2D eigenvalue weighted by Crippen LogP contribution is -2.41. The maximum Gasteiger partial charge on any atom is 0.318 e. The summed E-state index contributed by atoms with van der Waals surface area (Å²) in [6.45, 7) is 7.92. The van der Waals surface area contributed by atoms with E-state index >= 15 is 0 Å². The van der Waals surface area contributed by atoms with Crippen molar-refractivity contribution in [2.45, 2.75) is 38.9 Å². The zero-order valence-corrected chi connectivity index (χ0v) is 12.5. The van der Waals surface area contributed by atoms with Crippen molar-refractivity contribution in [3.8, 4) is 0 Å². The molecule has 20 heavy (non-hydrogen) atoms. The summed E-state index contributed by atoms with van der Waals surface area (Å²) >= 11 is 0. The first-order valence-electron chi connectivity index (χ1n) is 6.52. The fraction of sp³-hybridized carbons (Fsp3) is 0.500. The normalized spacial score (nSPS) is 19.8. The molecule has 0 atom stereocenters. The standard InChI is InChI=1S/C14H21N3O3/c1-13(2)14(3,4)20-17(19-13)11-8-6-10(7-9-11)16-12(18)15-5/h6-9H,1-5H3,(H2,15,16,18). The van der Waals surface area contributed by atoms with Gasteiger partial charge in [-0.1, -0.05) is 0 Å². The van der Waals surface area contributed by atoms with E-state index in [-0.39, 0.29) is 6.03 Å². The first-order valence-corrected chi connectivity index (χ1v) is 6.52. The van der Waals surface area contributed by atoms with Crippen LogP contribution in [0.1, 0.15) is 27.7 Å². The number of carbonyl (C=O) groups is 1. The Labute approximate surface area is 119 Å². The van der Waals surface area contributed by atoms with E-state index in [1.54, 1.807) is 19.2 Å². The molecule has 1 fully saturated rings. The zero-order valence-electron chi connectivity index (χ0n) is 12.5. The van der Waals surface area contributed by atoms with Crippen LogP contribution in [0.3, 0.4) is 0 Å². The van der Waals surface area contributed by atoms with E-state index in [0.29, 0.717) is 5.69 Å². The molecule has 2 N–H and O–H groups in total. The second-order valence-corrected chi connectivity index (χ2v) is 5.71. The Kier molecular flexibility index (Phi) is 3.62. The molecule has 1 saturated heterocycles. The SMILES string of the molecule is CNC(=O)Nc1ccc(N2OC(C)(C)C(C)(C)O2)cc1. The van der Waals surface area contributed by atoms with E-state index in [1.807, 2.05) is 39.8 Å². The van der Waals surface area contributed by atoms with Gasteiger partial charge in [0.15, 0.2) is 0 Å². The first-order chi connectivity index (χ1) is 9.25. The Balaban J connectivity index is 2.10.